The fourth-order valence-corrected chi connectivity index (χ4v) is 5.95. The third kappa shape index (κ3) is 5.18. The first-order valence-electron chi connectivity index (χ1n) is 12.2. The fourth-order valence-electron chi connectivity index (χ4n) is 5.15. The van der Waals surface area contributed by atoms with Crippen LogP contribution in [-0.4, -0.2) is 71.7 Å². The number of pyridine rings is 1. The van der Waals surface area contributed by atoms with E-state index in [0.29, 0.717) is 18.0 Å². The molecular weight excluding hydrogens is 476 g/mol. The van der Waals surface area contributed by atoms with E-state index in [0.717, 1.165) is 67.3 Å². The van der Waals surface area contributed by atoms with Crippen LogP contribution < -0.4 is 4.90 Å². The Balaban J connectivity index is 1.27. The zero-order valence-corrected chi connectivity index (χ0v) is 21.2. The van der Waals surface area contributed by atoms with Gasteiger partial charge in [-0.3, -0.25) is 24.4 Å². The van der Waals surface area contributed by atoms with Gasteiger partial charge in [0.05, 0.1) is 30.7 Å². The number of hydrogen-bond donors (Lipinski definition) is 1. The molecule has 8 nitrogen and oxygen atoms in total. The van der Waals surface area contributed by atoms with Gasteiger partial charge in [-0.2, -0.15) is 0 Å². The van der Waals surface area contributed by atoms with Gasteiger partial charge in [-0.1, -0.05) is 24.3 Å². The van der Waals surface area contributed by atoms with Crippen LogP contribution in [0.1, 0.15) is 23.2 Å². The van der Waals surface area contributed by atoms with Crippen LogP contribution in [0, 0.1) is 5.41 Å². The van der Waals surface area contributed by atoms with Gasteiger partial charge < -0.3 is 9.84 Å². The van der Waals surface area contributed by atoms with E-state index < -0.39 is 11.4 Å². The maximum absolute atomic E-state index is 13.7. The number of morpholine rings is 1. The molecule has 1 N–H and O–H groups in total. The molecule has 1 saturated heterocycles. The minimum absolute atomic E-state index is 0.209. The molecular formula is C27H30N4O4S. The Labute approximate surface area is 214 Å². The third-order valence-electron chi connectivity index (χ3n) is 7.11. The Kier molecular flexibility index (Phi) is 7.13. The van der Waals surface area contributed by atoms with Crippen molar-refractivity contribution in [3.05, 3.63) is 64.8 Å². The Hall–Kier alpha value is -3.14. The molecule has 1 aliphatic heterocycles. The summed E-state index contributed by atoms with van der Waals surface area (Å²) in [5, 5.41) is 12.1. The lowest BCUT2D eigenvalue weighted by atomic mass is 9.80. The van der Waals surface area contributed by atoms with Crippen molar-refractivity contribution in [1.82, 2.24) is 14.9 Å². The summed E-state index contributed by atoms with van der Waals surface area (Å²) in [4.78, 5) is 38.6. The van der Waals surface area contributed by atoms with Crippen molar-refractivity contribution in [3.63, 3.8) is 0 Å². The van der Waals surface area contributed by atoms with Gasteiger partial charge in [-0.05, 0) is 36.1 Å². The Morgan fingerprint density at radius 1 is 1.14 bits per heavy atom. The lowest BCUT2D eigenvalue weighted by molar-refractivity contribution is -0.144. The normalized spacial score (nSPS) is 17.0. The first-order valence-corrected chi connectivity index (χ1v) is 13.1. The highest BCUT2D eigenvalue weighted by Crippen LogP contribution is 2.42. The van der Waals surface area contributed by atoms with Crippen molar-refractivity contribution >= 4 is 28.3 Å². The number of aromatic nitrogens is 2. The second-order valence-electron chi connectivity index (χ2n) is 9.59. The van der Waals surface area contributed by atoms with E-state index in [-0.39, 0.29) is 12.3 Å². The monoisotopic (exact) mass is 506 g/mol. The largest absolute Gasteiger partial charge is 0.481 e. The van der Waals surface area contributed by atoms with Crippen molar-refractivity contribution in [2.24, 2.45) is 5.41 Å². The second-order valence-corrected chi connectivity index (χ2v) is 10.4. The van der Waals surface area contributed by atoms with Crippen molar-refractivity contribution in [3.8, 4) is 11.3 Å². The molecule has 36 heavy (non-hydrogen) atoms. The summed E-state index contributed by atoms with van der Waals surface area (Å²) < 4.78 is 5.40. The predicted octanol–water partition coefficient (Wildman–Crippen LogP) is 3.30. The number of carboxylic acids is 1. The average Bonchev–Trinajstić information content (AvgIpc) is 3.53. The van der Waals surface area contributed by atoms with Crippen LogP contribution in [-0.2, 0) is 33.6 Å². The van der Waals surface area contributed by atoms with Crippen LogP contribution in [0.3, 0.4) is 0 Å². The number of benzene rings is 1. The Morgan fingerprint density at radius 2 is 1.86 bits per heavy atom. The number of thiazole rings is 1. The second kappa shape index (κ2) is 10.5. The van der Waals surface area contributed by atoms with Gasteiger partial charge in [-0.15, -0.1) is 11.3 Å². The van der Waals surface area contributed by atoms with Crippen molar-refractivity contribution in [2.45, 2.75) is 25.7 Å². The number of carboxylic acid groups (broad SMARTS) is 1. The van der Waals surface area contributed by atoms with E-state index in [2.05, 4.69) is 9.88 Å². The summed E-state index contributed by atoms with van der Waals surface area (Å²) in [6.45, 7) is 4.47. The molecule has 0 spiro atoms. The molecule has 0 radical (unpaired) electrons. The van der Waals surface area contributed by atoms with Gasteiger partial charge in [0, 0.05) is 55.9 Å². The molecule has 5 rings (SSSR count). The number of fused-ring (bicyclic) bond motifs is 1. The van der Waals surface area contributed by atoms with Crippen LogP contribution in [0.2, 0.25) is 0 Å². The molecule has 3 aromatic rings. The predicted molar refractivity (Wildman–Crippen MR) is 138 cm³/mol. The van der Waals surface area contributed by atoms with Gasteiger partial charge in [0.25, 0.3) is 0 Å². The fraction of sp³-hybridized carbons (Fsp3) is 0.407. The molecule has 1 amide bonds. The third-order valence-corrected chi connectivity index (χ3v) is 8.03. The SMILES string of the molecule is CN(C(=O)C1(CC(=O)O)Cc2ccccc2C1)c1nc(-c2ccc(CCN3CCOCC3)nc2)cs1. The maximum atomic E-state index is 13.7. The molecule has 2 aromatic heterocycles. The lowest BCUT2D eigenvalue weighted by Crippen LogP contribution is -2.44. The highest BCUT2D eigenvalue weighted by Gasteiger charge is 2.47. The molecule has 1 aliphatic carbocycles. The summed E-state index contributed by atoms with van der Waals surface area (Å²) in [6.07, 6.45) is 3.35. The van der Waals surface area contributed by atoms with Gasteiger partial charge in [0.1, 0.15) is 0 Å². The first kappa shape index (κ1) is 24.5. The number of hydrogen-bond acceptors (Lipinski definition) is 7. The molecule has 1 aromatic carbocycles. The minimum atomic E-state index is -1.00. The van der Waals surface area contributed by atoms with Gasteiger partial charge in [-0.25, -0.2) is 4.98 Å². The summed E-state index contributed by atoms with van der Waals surface area (Å²) in [5.41, 5.74) is 3.76. The van der Waals surface area contributed by atoms with E-state index >= 15 is 0 Å². The highest BCUT2D eigenvalue weighted by molar-refractivity contribution is 7.14. The molecule has 0 unspecified atom stereocenters. The topological polar surface area (TPSA) is 95.9 Å². The molecule has 0 bridgehead atoms. The van der Waals surface area contributed by atoms with E-state index in [1.807, 2.05) is 48.0 Å². The van der Waals surface area contributed by atoms with Crippen LogP contribution in [0.5, 0.6) is 0 Å². The Bertz CT molecular complexity index is 1210. The van der Waals surface area contributed by atoms with Crippen LogP contribution in [0.4, 0.5) is 5.13 Å². The minimum Gasteiger partial charge on any atom is -0.481 e. The van der Waals surface area contributed by atoms with Crippen molar-refractivity contribution in [1.29, 1.82) is 0 Å². The summed E-state index contributed by atoms with van der Waals surface area (Å²) in [7, 11) is 1.69. The number of anilines is 1. The molecule has 3 heterocycles. The van der Waals surface area contributed by atoms with Crippen molar-refractivity contribution < 1.29 is 19.4 Å². The van der Waals surface area contributed by atoms with E-state index in [9.17, 15) is 14.7 Å². The van der Waals surface area contributed by atoms with Crippen LogP contribution >= 0.6 is 11.3 Å². The summed E-state index contributed by atoms with van der Waals surface area (Å²) in [5.74, 6) is -1.18. The Morgan fingerprint density at radius 3 is 2.50 bits per heavy atom. The first-order chi connectivity index (χ1) is 17.4. The smallest absolute Gasteiger partial charge is 0.304 e. The molecule has 9 heteroatoms. The number of aliphatic carboxylic acids is 1. The molecule has 0 saturated carbocycles. The maximum Gasteiger partial charge on any atom is 0.304 e. The molecule has 1 fully saturated rings. The van der Waals surface area contributed by atoms with Gasteiger partial charge >= 0.3 is 5.97 Å². The number of carbonyl (C=O) groups excluding carboxylic acids is 1. The number of ether oxygens (including phenoxy) is 1. The zero-order valence-electron chi connectivity index (χ0n) is 20.4. The number of amides is 1. The van der Waals surface area contributed by atoms with Crippen LogP contribution in [0.25, 0.3) is 11.3 Å². The number of nitrogens with zero attached hydrogens (tertiary/aromatic N) is 4. The molecule has 0 atom stereocenters. The summed E-state index contributed by atoms with van der Waals surface area (Å²) >= 11 is 1.37. The van der Waals surface area contributed by atoms with E-state index in [1.54, 1.807) is 7.05 Å². The number of carbonyl (C=O) groups is 2. The summed E-state index contributed by atoms with van der Waals surface area (Å²) in [6, 6.07) is 11.9. The quantitative estimate of drug-likeness (QED) is 0.501. The van der Waals surface area contributed by atoms with Gasteiger partial charge in [0.2, 0.25) is 5.91 Å². The highest BCUT2D eigenvalue weighted by atomic mass is 32.1. The average molecular weight is 507 g/mol. The van der Waals surface area contributed by atoms with Gasteiger partial charge in [0.15, 0.2) is 5.13 Å². The standard InChI is InChI=1S/C27H30N4O4S/c1-30(25(34)27(16-24(32)33)14-19-4-2-3-5-20(19)15-27)26-29-23(18-36-26)21-6-7-22(28-17-21)8-9-31-10-12-35-13-11-31/h2-7,17-18H,8-16H2,1H3,(H,32,33). The molecule has 2 aliphatic rings. The van der Waals surface area contributed by atoms with E-state index in [4.69, 9.17) is 9.72 Å². The van der Waals surface area contributed by atoms with E-state index in [1.165, 1.54) is 16.2 Å². The zero-order chi connectivity index (χ0) is 25.1. The van der Waals surface area contributed by atoms with Crippen molar-refractivity contribution in [2.75, 3.05) is 44.8 Å². The van der Waals surface area contributed by atoms with Crippen LogP contribution in [0.15, 0.2) is 48.0 Å². The lowest BCUT2D eigenvalue weighted by Gasteiger charge is -2.30. The number of rotatable bonds is 8. The molecule has 188 valence electrons.